The molecule has 0 amide bonds. The van der Waals surface area contributed by atoms with Crippen LogP contribution in [0.2, 0.25) is 5.02 Å². The molecule has 1 aromatic rings. The quantitative estimate of drug-likeness (QED) is 0.897. The first-order chi connectivity index (χ1) is 7.15. The first kappa shape index (κ1) is 11.4. The molecule has 0 spiro atoms. The van der Waals surface area contributed by atoms with Gasteiger partial charge in [0, 0.05) is 22.1 Å². The highest BCUT2D eigenvalue weighted by Gasteiger charge is 2.26. The van der Waals surface area contributed by atoms with Crippen LogP contribution in [-0.2, 0) is 6.54 Å². The fourth-order valence-electron chi connectivity index (χ4n) is 1.69. The van der Waals surface area contributed by atoms with Crippen molar-refractivity contribution < 1.29 is 5.11 Å². The molecular weight excluding hydrogens is 277 g/mol. The summed E-state index contributed by atoms with van der Waals surface area (Å²) in [6, 6.07) is 6.22. The van der Waals surface area contributed by atoms with Crippen LogP contribution >= 0.6 is 27.5 Å². The lowest BCUT2D eigenvalue weighted by Gasteiger charge is -2.32. The van der Waals surface area contributed by atoms with Crippen LogP contribution in [0.1, 0.15) is 18.4 Å². The zero-order valence-corrected chi connectivity index (χ0v) is 10.6. The Labute approximate surface area is 103 Å². The zero-order chi connectivity index (χ0) is 10.8. The molecule has 1 aromatic carbocycles. The predicted octanol–water partition coefficient (Wildman–Crippen LogP) is 2.72. The van der Waals surface area contributed by atoms with Gasteiger partial charge in [0.25, 0.3) is 0 Å². The van der Waals surface area contributed by atoms with E-state index >= 15 is 0 Å². The lowest BCUT2D eigenvalue weighted by atomic mass is 9.89. The topological polar surface area (TPSA) is 32.3 Å². The number of aliphatic hydroxyl groups is 1. The van der Waals surface area contributed by atoms with Crippen molar-refractivity contribution >= 4 is 27.5 Å². The van der Waals surface area contributed by atoms with E-state index in [-0.39, 0.29) is 6.10 Å². The van der Waals surface area contributed by atoms with Crippen molar-refractivity contribution in [3.63, 3.8) is 0 Å². The standard InChI is InChI=1S/C11H13BrClNO/c12-11-2-1-8(13)3-7(11)6-14-9-4-10(15)5-9/h1-3,9-10,14-15H,4-6H2. The number of halogens is 2. The summed E-state index contributed by atoms with van der Waals surface area (Å²) in [5, 5.41) is 13.3. The van der Waals surface area contributed by atoms with E-state index in [1.807, 2.05) is 18.2 Å². The summed E-state index contributed by atoms with van der Waals surface area (Å²) in [7, 11) is 0. The van der Waals surface area contributed by atoms with Gasteiger partial charge in [-0.3, -0.25) is 0 Å². The molecule has 0 heterocycles. The zero-order valence-electron chi connectivity index (χ0n) is 8.21. The Morgan fingerprint density at radius 2 is 2.20 bits per heavy atom. The van der Waals surface area contributed by atoms with Gasteiger partial charge in [0.05, 0.1) is 6.10 Å². The lowest BCUT2D eigenvalue weighted by molar-refractivity contribution is 0.0619. The van der Waals surface area contributed by atoms with E-state index in [2.05, 4.69) is 21.2 Å². The minimum absolute atomic E-state index is 0.106. The maximum Gasteiger partial charge on any atom is 0.0570 e. The van der Waals surface area contributed by atoms with Crippen molar-refractivity contribution in [3.8, 4) is 0 Å². The molecule has 0 unspecified atom stereocenters. The third-order valence-corrected chi connectivity index (χ3v) is 3.71. The summed E-state index contributed by atoms with van der Waals surface area (Å²) in [6.45, 7) is 0.790. The predicted molar refractivity (Wildman–Crippen MR) is 65.0 cm³/mol. The molecule has 0 atom stereocenters. The highest BCUT2D eigenvalue weighted by molar-refractivity contribution is 9.10. The molecule has 1 saturated carbocycles. The third-order valence-electron chi connectivity index (χ3n) is 2.70. The van der Waals surface area contributed by atoms with Gasteiger partial charge < -0.3 is 10.4 Å². The Bertz CT molecular complexity index is 352. The summed E-state index contributed by atoms with van der Waals surface area (Å²) in [6.07, 6.45) is 1.61. The minimum Gasteiger partial charge on any atom is -0.393 e. The van der Waals surface area contributed by atoms with E-state index in [4.69, 9.17) is 16.7 Å². The second-order valence-electron chi connectivity index (χ2n) is 3.94. The van der Waals surface area contributed by atoms with Gasteiger partial charge in [-0.25, -0.2) is 0 Å². The highest BCUT2D eigenvalue weighted by Crippen LogP contribution is 2.23. The molecule has 2 N–H and O–H groups in total. The molecule has 1 fully saturated rings. The number of hydrogen-bond donors (Lipinski definition) is 2. The number of hydrogen-bond acceptors (Lipinski definition) is 2. The summed E-state index contributed by atoms with van der Waals surface area (Å²) < 4.78 is 1.07. The van der Waals surface area contributed by atoms with Gasteiger partial charge in [-0.05, 0) is 36.6 Å². The molecule has 0 bridgehead atoms. The van der Waals surface area contributed by atoms with Gasteiger partial charge in [0.15, 0.2) is 0 Å². The van der Waals surface area contributed by atoms with E-state index in [1.165, 1.54) is 0 Å². The first-order valence-corrected chi connectivity index (χ1v) is 6.17. The Balaban J connectivity index is 1.90. The van der Waals surface area contributed by atoms with Crippen LogP contribution in [0, 0.1) is 0 Å². The Morgan fingerprint density at radius 1 is 1.47 bits per heavy atom. The van der Waals surface area contributed by atoms with Gasteiger partial charge >= 0.3 is 0 Å². The van der Waals surface area contributed by atoms with E-state index < -0.39 is 0 Å². The second-order valence-corrected chi connectivity index (χ2v) is 5.23. The van der Waals surface area contributed by atoms with Crippen LogP contribution in [0.3, 0.4) is 0 Å². The van der Waals surface area contributed by atoms with Crippen LogP contribution < -0.4 is 5.32 Å². The van der Waals surface area contributed by atoms with E-state index in [0.29, 0.717) is 6.04 Å². The molecule has 82 valence electrons. The number of benzene rings is 1. The fourth-order valence-corrected chi connectivity index (χ4v) is 2.27. The number of rotatable bonds is 3. The van der Waals surface area contributed by atoms with Crippen molar-refractivity contribution in [1.29, 1.82) is 0 Å². The second kappa shape index (κ2) is 4.83. The monoisotopic (exact) mass is 289 g/mol. The highest BCUT2D eigenvalue weighted by atomic mass is 79.9. The van der Waals surface area contributed by atoms with Crippen molar-refractivity contribution in [2.75, 3.05) is 0 Å². The Hall–Kier alpha value is -0.0900. The molecule has 1 aliphatic carbocycles. The Morgan fingerprint density at radius 3 is 2.87 bits per heavy atom. The van der Waals surface area contributed by atoms with Crippen LogP contribution in [0.5, 0.6) is 0 Å². The molecule has 2 rings (SSSR count). The van der Waals surface area contributed by atoms with E-state index in [9.17, 15) is 0 Å². The average Bonchev–Trinajstić information content (AvgIpc) is 2.16. The van der Waals surface area contributed by atoms with Gasteiger partial charge in [0.2, 0.25) is 0 Å². The van der Waals surface area contributed by atoms with Gasteiger partial charge in [0.1, 0.15) is 0 Å². The molecular formula is C11H13BrClNO. The minimum atomic E-state index is -0.106. The SMILES string of the molecule is OC1CC(NCc2cc(Cl)ccc2Br)C1. The molecule has 0 radical (unpaired) electrons. The molecule has 4 heteroatoms. The Kier molecular flexibility index (Phi) is 3.67. The maximum absolute atomic E-state index is 9.14. The van der Waals surface area contributed by atoms with E-state index in [1.54, 1.807) is 0 Å². The molecule has 1 aliphatic rings. The van der Waals surface area contributed by atoms with Gasteiger partial charge in [-0.1, -0.05) is 27.5 Å². The molecule has 15 heavy (non-hydrogen) atoms. The normalized spacial score (nSPS) is 25.0. The lowest BCUT2D eigenvalue weighted by Crippen LogP contribution is -2.43. The third kappa shape index (κ3) is 2.94. The summed E-state index contributed by atoms with van der Waals surface area (Å²) in [4.78, 5) is 0. The van der Waals surface area contributed by atoms with Crippen molar-refractivity contribution in [2.24, 2.45) is 0 Å². The molecule has 0 saturated heterocycles. The van der Waals surface area contributed by atoms with Crippen LogP contribution in [0.4, 0.5) is 0 Å². The maximum atomic E-state index is 9.14. The summed E-state index contributed by atoms with van der Waals surface area (Å²) in [5.74, 6) is 0. The fraction of sp³-hybridized carbons (Fsp3) is 0.455. The van der Waals surface area contributed by atoms with E-state index in [0.717, 1.165) is 34.4 Å². The van der Waals surface area contributed by atoms with Crippen molar-refractivity contribution in [2.45, 2.75) is 31.5 Å². The molecule has 0 aliphatic heterocycles. The summed E-state index contributed by atoms with van der Waals surface area (Å²) >= 11 is 9.40. The smallest absolute Gasteiger partial charge is 0.0570 e. The van der Waals surface area contributed by atoms with Gasteiger partial charge in [-0.2, -0.15) is 0 Å². The number of nitrogens with one attached hydrogen (secondary N) is 1. The number of aliphatic hydroxyl groups excluding tert-OH is 1. The van der Waals surface area contributed by atoms with Crippen molar-refractivity contribution in [1.82, 2.24) is 5.32 Å². The van der Waals surface area contributed by atoms with Crippen LogP contribution in [0.15, 0.2) is 22.7 Å². The van der Waals surface area contributed by atoms with Crippen LogP contribution in [-0.4, -0.2) is 17.3 Å². The van der Waals surface area contributed by atoms with Gasteiger partial charge in [-0.15, -0.1) is 0 Å². The molecule has 2 nitrogen and oxygen atoms in total. The largest absolute Gasteiger partial charge is 0.393 e. The van der Waals surface area contributed by atoms with Crippen LogP contribution in [0.25, 0.3) is 0 Å². The summed E-state index contributed by atoms with van der Waals surface area (Å²) in [5.41, 5.74) is 1.16. The van der Waals surface area contributed by atoms with Crippen molar-refractivity contribution in [3.05, 3.63) is 33.3 Å². The first-order valence-electron chi connectivity index (χ1n) is 5.00. The molecule has 0 aromatic heterocycles. The average molecular weight is 291 g/mol.